The SMILES string of the molecule is O=C(NC[C@H](c1cccnc1)S(=O)(=O)c1ccccc1)c1ccc(S(=O)(=O)N2CCCC2)cc1. The highest BCUT2D eigenvalue weighted by molar-refractivity contribution is 7.91. The zero-order valence-electron chi connectivity index (χ0n) is 18.4. The number of aromatic nitrogens is 1. The lowest BCUT2D eigenvalue weighted by Crippen LogP contribution is -2.32. The van der Waals surface area contributed by atoms with Gasteiger partial charge in [0.05, 0.1) is 9.79 Å². The van der Waals surface area contributed by atoms with Gasteiger partial charge in [0.1, 0.15) is 5.25 Å². The molecule has 0 spiro atoms. The smallest absolute Gasteiger partial charge is 0.251 e. The average molecular weight is 500 g/mol. The number of carbonyl (C=O) groups excluding carboxylic acids is 1. The summed E-state index contributed by atoms with van der Waals surface area (Å²) in [4.78, 5) is 17.1. The van der Waals surface area contributed by atoms with Crippen molar-refractivity contribution in [2.45, 2.75) is 27.9 Å². The van der Waals surface area contributed by atoms with Crippen LogP contribution in [0.1, 0.15) is 34.0 Å². The van der Waals surface area contributed by atoms with Crippen LogP contribution in [-0.2, 0) is 19.9 Å². The lowest BCUT2D eigenvalue weighted by atomic mass is 10.2. The van der Waals surface area contributed by atoms with Gasteiger partial charge in [0.15, 0.2) is 9.84 Å². The minimum absolute atomic E-state index is 0.130. The average Bonchev–Trinajstić information content (AvgIpc) is 3.41. The van der Waals surface area contributed by atoms with Crippen LogP contribution in [0.4, 0.5) is 0 Å². The molecule has 2 aromatic carbocycles. The summed E-state index contributed by atoms with van der Waals surface area (Å²) in [7, 11) is -7.38. The fourth-order valence-electron chi connectivity index (χ4n) is 3.89. The summed E-state index contributed by atoms with van der Waals surface area (Å²) < 4.78 is 53.4. The van der Waals surface area contributed by atoms with Gasteiger partial charge in [0.25, 0.3) is 5.91 Å². The quantitative estimate of drug-likeness (QED) is 0.510. The highest BCUT2D eigenvalue weighted by atomic mass is 32.2. The third kappa shape index (κ3) is 5.03. The molecule has 0 unspecified atom stereocenters. The van der Waals surface area contributed by atoms with Crippen LogP contribution in [-0.4, -0.2) is 51.7 Å². The molecule has 1 aromatic heterocycles. The van der Waals surface area contributed by atoms with Gasteiger partial charge >= 0.3 is 0 Å². The first kappa shape index (κ1) is 24.1. The minimum atomic E-state index is -3.81. The molecule has 1 saturated heterocycles. The molecular formula is C24H25N3O5S2. The predicted octanol–water partition coefficient (Wildman–Crippen LogP) is 2.81. The summed E-state index contributed by atoms with van der Waals surface area (Å²) in [6.07, 6.45) is 4.69. The van der Waals surface area contributed by atoms with E-state index in [0.29, 0.717) is 18.7 Å². The number of carbonyl (C=O) groups is 1. The number of hydrogen-bond donors (Lipinski definition) is 1. The summed E-state index contributed by atoms with van der Waals surface area (Å²) in [5, 5.41) is 1.64. The number of nitrogens with one attached hydrogen (secondary N) is 1. The summed E-state index contributed by atoms with van der Waals surface area (Å²) in [6.45, 7) is 0.821. The Morgan fingerprint density at radius 2 is 1.56 bits per heavy atom. The number of nitrogens with zero attached hydrogens (tertiary/aromatic N) is 2. The van der Waals surface area contributed by atoms with Gasteiger partial charge < -0.3 is 5.32 Å². The third-order valence-corrected chi connectivity index (χ3v) is 9.80. The normalized spacial score (nSPS) is 15.6. The van der Waals surface area contributed by atoms with Gasteiger partial charge in [0, 0.05) is 37.6 Å². The Bertz CT molecular complexity index is 1340. The van der Waals surface area contributed by atoms with Gasteiger partial charge in [-0.1, -0.05) is 24.3 Å². The summed E-state index contributed by atoms with van der Waals surface area (Å²) >= 11 is 0. The number of amides is 1. The number of hydrogen-bond acceptors (Lipinski definition) is 6. The predicted molar refractivity (Wildman–Crippen MR) is 127 cm³/mol. The Kier molecular flexibility index (Phi) is 7.11. The molecule has 1 aliphatic rings. The summed E-state index contributed by atoms with van der Waals surface area (Å²) in [5.41, 5.74) is 0.695. The first-order chi connectivity index (χ1) is 16.3. The second-order valence-corrected chi connectivity index (χ2v) is 12.0. The van der Waals surface area contributed by atoms with E-state index in [-0.39, 0.29) is 21.9 Å². The van der Waals surface area contributed by atoms with Crippen molar-refractivity contribution >= 4 is 25.8 Å². The zero-order valence-corrected chi connectivity index (χ0v) is 20.0. The van der Waals surface area contributed by atoms with Crippen molar-refractivity contribution in [3.8, 4) is 0 Å². The van der Waals surface area contributed by atoms with E-state index in [0.717, 1.165) is 12.8 Å². The maximum Gasteiger partial charge on any atom is 0.251 e. The largest absolute Gasteiger partial charge is 0.350 e. The van der Waals surface area contributed by atoms with E-state index in [2.05, 4.69) is 10.3 Å². The molecule has 2 heterocycles. The van der Waals surface area contributed by atoms with Crippen molar-refractivity contribution in [2.75, 3.05) is 19.6 Å². The lowest BCUT2D eigenvalue weighted by molar-refractivity contribution is 0.0953. The second kappa shape index (κ2) is 10.0. The number of sulfone groups is 1. The van der Waals surface area contributed by atoms with Crippen molar-refractivity contribution in [1.29, 1.82) is 0 Å². The van der Waals surface area contributed by atoms with Crippen molar-refractivity contribution in [3.05, 3.63) is 90.3 Å². The van der Waals surface area contributed by atoms with Gasteiger partial charge in [-0.15, -0.1) is 0 Å². The molecule has 0 radical (unpaired) electrons. The molecule has 3 aromatic rings. The zero-order chi connectivity index (χ0) is 24.2. The first-order valence-electron chi connectivity index (χ1n) is 10.9. The fraction of sp³-hybridized carbons (Fsp3) is 0.250. The molecule has 1 aliphatic heterocycles. The highest BCUT2D eigenvalue weighted by Crippen LogP contribution is 2.28. The van der Waals surface area contributed by atoms with Crippen LogP contribution >= 0.6 is 0 Å². The molecule has 10 heteroatoms. The highest BCUT2D eigenvalue weighted by Gasteiger charge is 2.30. The molecule has 1 fully saturated rings. The number of rotatable bonds is 8. The number of pyridine rings is 1. The van der Waals surface area contributed by atoms with E-state index in [9.17, 15) is 21.6 Å². The van der Waals surface area contributed by atoms with Crippen molar-refractivity contribution in [3.63, 3.8) is 0 Å². The Labute approximate surface area is 199 Å². The molecule has 1 atom stereocenters. The van der Waals surface area contributed by atoms with E-state index in [1.54, 1.807) is 36.5 Å². The molecule has 8 nitrogen and oxygen atoms in total. The van der Waals surface area contributed by atoms with Gasteiger partial charge in [-0.25, -0.2) is 16.8 Å². The molecule has 34 heavy (non-hydrogen) atoms. The van der Waals surface area contributed by atoms with Crippen LogP contribution in [0.5, 0.6) is 0 Å². The standard InChI is InChI=1S/C24H25N3O5S2/c28-24(19-10-12-22(13-11-19)34(31,32)27-15-4-5-16-27)26-18-23(20-7-6-14-25-17-20)33(29,30)21-8-2-1-3-9-21/h1-3,6-14,17,23H,4-5,15-16,18H2,(H,26,28)/t23-/m1/s1. The van der Waals surface area contributed by atoms with Gasteiger partial charge in [-0.05, 0) is 60.9 Å². The third-order valence-electron chi connectivity index (χ3n) is 5.77. The van der Waals surface area contributed by atoms with E-state index in [1.165, 1.54) is 46.9 Å². The second-order valence-electron chi connectivity index (χ2n) is 7.98. The van der Waals surface area contributed by atoms with Crippen LogP contribution in [0.25, 0.3) is 0 Å². The fourth-order valence-corrected chi connectivity index (χ4v) is 7.07. The molecular weight excluding hydrogens is 474 g/mol. The van der Waals surface area contributed by atoms with Gasteiger partial charge in [0.2, 0.25) is 10.0 Å². The van der Waals surface area contributed by atoms with Crippen LogP contribution in [0, 0.1) is 0 Å². The van der Waals surface area contributed by atoms with E-state index in [1.807, 2.05) is 0 Å². The Hall–Kier alpha value is -3.08. The maximum absolute atomic E-state index is 13.3. The molecule has 0 saturated carbocycles. The molecule has 1 amide bonds. The Balaban J connectivity index is 1.52. The first-order valence-corrected chi connectivity index (χ1v) is 13.9. The molecule has 178 valence electrons. The van der Waals surface area contributed by atoms with Crippen molar-refractivity contribution in [2.24, 2.45) is 0 Å². The number of sulfonamides is 1. The maximum atomic E-state index is 13.3. The summed E-state index contributed by atoms with van der Waals surface area (Å²) in [5.74, 6) is -0.498. The van der Waals surface area contributed by atoms with Gasteiger partial charge in [-0.3, -0.25) is 9.78 Å². The summed E-state index contributed by atoms with van der Waals surface area (Å²) in [6, 6.07) is 17.0. The van der Waals surface area contributed by atoms with Crippen LogP contribution < -0.4 is 5.32 Å². The van der Waals surface area contributed by atoms with E-state index < -0.39 is 31.0 Å². The molecule has 0 aliphatic carbocycles. The lowest BCUT2D eigenvalue weighted by Gasteiger charge is -2.19. The van der Waals surface area contributed by atoms with Crippen LogP contribution in [0.15, 0.2) is 88.9 Å². The van der Waals surface area contributed by atoms with Crippen LogP contribution in [0.2, 0.25) is 0 Å². The topological polar surface area (TPSA) is 114 Å². The minimum Gasteiger partial charge on any atom is -0.350 e. The van der Waals surface area contributed by atoms with E-state index in [4.69, 9.17) is 0 Å². The molecule has 4 rings (SSSR count). The Morgan fingerprint density at radius 1 is 0.882 bits per heavy atom. The number of benzene rings is 2. The monoisotopic (exact) mass is 499 g/mol. The Morgan fingerprint density at radius 3 is 2.18 bits per heavy atom. The van der Waals surface area contributed by atoms with E-state index >= 15 is 0 Å². The molecule has 1 N–H and O–H groups in total. The van der Waals surface area contributed by atoms with Crippen molar-refractivity contribution in [1.82, 2.24) is 14.6 Å². The van der Waals surface area contributed by atoms with Crippen LogP contribution in [0.3, 0.4) is 0 Å². The van der Waals surface area contributed by atoms with Crippen molar-refractivity contribution < 1.29 is 21.6 Å². The molecule has 0 bridgehead atoms. The van der Waals surface area contributed by atoms with Gasteiger partial charge in [-0.2, -0.15) is 4.31 Å².